The van der Waals surface area contributed by atoms with Gasteiger partial charge >= 0.3 is 0 Å². The number of phenols is 1. The van der Waals surface area contributed by atoms with Crippen LogP contribution in [0, 0.1) is 5.82 Å². The van der Waals surface area contributed by atoms with Gasteiger partial charge in [0.05, 0.1) is 7.11 Å². The van der Waals surface area contributed by atoms with Gasteiger partial charge in [-0.25, -0.2) is 4.39 Å². The molecule has 106 valence electrons. The molecule has 0 radical (unpaired) electrons. The van der Waals surface area contributed by atoms with Crippen LogP contribution in [0.4, 0.5) is 4.39 Å². The van der Waals surface area contributed by atoms with E-state index in [1.165, 1.54) is 6.07 Å². The van der Waals surface area contributed by atoms with Gasteiger partial charge in [-0.05, 0) is 24.3 Å². The summed E-state index contributed by atoms with van der Waals surface area (Å²) >= 11 is 3.31. The zero-order chi connectivity index (χ0) is 14.5. The van der Waals surface area contributed by atoms with Gasteiger partial charge in [-0.3, -0.25) is 0 Å². The number of hydrogen-bond acceptors (Lipinski definition) is 3. The first kappa shape index (κ1) is 14.8. The van der Waals surface area contributed by atoms with E-state index >= 15 is 0 Å². The molecule has 5 heteroatoms. The second-order valence-electron chi connectivity index (χ2n) is 4.33. The molecule has 0 bridgehead atoms. The Morgan fingerprint density at radius 3 is 2.60 bits per heavy atom. The van der Waals surface area contributed by atoms with Gasteiger partial charge in [0, 0.05) is 34.8 Å². The maximum atomic E-state index is 13.5. The summed E-state index contributed by atoms with van der Waals surface area (Å²) in [6.45, 7) is 0.832. The van der Waals surface area contributed by atoms with Crippen LogP contribution in [-0.2, 0) is 13.1 Å². The molecule has 0 heterocycles. The van der Waals surface area contributed by atoms with Crippen molar-refractivity contribution in [1.82, 2.24) is 5.32 Å². The third-order valence-corrected chi connectivity index (χ3v) is 3.42. The van der Waals surface area contributed by atoms with Crippen LogP contribution >= 0.6 is 15.9 Å². The minimum Gasteiger partial charge on any atom is -0.507 e. The summed E-state index contributed by atoms with van der Waals surface area (Å²) in [5.41, 5.74) is 1.31. The van der Waals surface area contributed by atoms with Crippen molar-refractivity contribution in [2.45, 2.75) is 13.1 Å². The van der Waals surface area contributed by atoms with Gasteiger partial charge in [-0.2, -0.15) is 0 Å². The summed E-state index contributed by atoms with van der Waals surface area (Å²) in [7, 11) is 1.54. The summed E-state index contributed by atoms with van der Waals surface area (Å²) in [5.74, 6) is 0.510. The maximum Gasteiger partial charge on any atom is 0.127 e. The summed E-state index contributed by atoms with van der Waals surface area (Å²) in [5, 5.41) is 12.9. The van der Waals surface area contributed by atoms with E-state index in [4.69, 9.17) is 4.74 Å². The third kappa shape index (κ3) is 3.71. The molecule has 0 unspecified atom stereocenters. The molecular weight excluding hydrogens is 325 g/mol. The molecule has 0 aliphatic heterocycles. The number of halogens is 2. The normalized spacial score (nSPS) is 10.6. The Balaban J connectivity index is 1.97. The topological polar surface area (TPSA) is 41.5 Å². The molecule has 20 heavy (non-hydrogen) atoms. The fraction of sp³-hybridized carbons (Fsp3) is 0.200. The lowest BCUT2D eigenvalue weighted by molar-refractivity contribution is 0.406. The molecule has 2 N–H and O–H groups in total. The molecule has 3 nitrogen and oxygen atoms in total. The summed E-state index contributed by atoms with van der Waals surface area (Å²) < 4.78 is 19.4. The Morgan fingerprint density at radius 1 is 1.15 bits per heavy atom. The highest BCUT2D eigenvalue weighted by Crippen LogP contribution is 2.23. The molecule has 2 aromatic carbocycles. The minimum absolute atomic E-state index is 0.159. The van der Waals surface area contributed by atoms with Gasteiger partial charge in [0.15, 0.2) is 0 Å². The highest BCUT2D eigenvalue weighted by Gasteiger charge is 2.05. The van der Waals surface area contributed by atoms with E-state index in [2.05, 4.69) is 21.2 Å². The molecular formula is C15H15BrFNO2. The number of phenolic OH excluding ortho intramolecular Hbond substituents is 1. The van der Waals surface area contributed by atoms with Crippen LogP contribution < -0.4 is 10.1 Å². The van der Waals surface area contributed by atoms with Crippen molar-refractivity contribution in [3.05, 3.63) is 57.8 Å². The monoisotopic (exact) mass is 339 g/mol. The number of methoxy groups -OCH3 is 1. The van der Waals surface area contributed by atoms with Gasteiger partial charge in [-0.1, -0.05) is 22.0 Å². The van der Waals surface area contributed by atoms with Gasteiger partial charge in [0.2, 0.25) is 0 Å². The summed E-state index contributed by atoms with van der Waals surface area (Å²) in [6, 6.07) is 9.92. The second-order valence-corrected chi connectivity index (χ2v) is 5.25. The molecule has 0 spiro atoms. The van der Waals surface area contributed by atoms with Crippen LogP contribution in [0.5, 0.6) is 11.5 Å². The largest absolute Gasteiger partial charge is 0.507 e. The van der Waals surface area contributed by atoms with Gasteiger partial charge < -0.3 is 15.2 Å². The van der Waals surface area contributed by atoms with Crippen LogP contribution in [0.1, 0.15) is 11.1 Å². The van der Waals surface area contributed by atoms with Crippen molar-refractivity contribution in [3.8, 4) is 11.5 Å². The number of ether oxygens (including phenoxy) is 1. The highest BCUT2D eigenvalue weighted by molar-refractivity contribution is 9.10. The van der Waals surface area contributed by atoms with E-state index in [9.17, 15) is 9.50 Å². The first-order valence-electron chi connectivity index (χ1n) is 6.10. The van der Waals surface area contributed by atoms with E-state index in [0.717, 1.165) is 10.0 Å². The minimum atomic E-state index is -0.250. The number of nitrogens with one attached hydrogen (secondary N) is 1. The number of rotatable bonds is 5. The average molecular weight is 340 g/mol. The third-order valence-electron chi connectivity index (χ3n) is 2.93. The van der Waals surface area contributed by atoms with Crippen LogP contribution in [0.15, 0.2) is 40.9 Å². The predicted molar refractivity (Wildman–Crippen MR) is 79.3 cm³/mol. The molecule has 2 aromatic rings. The molecule has 0 aromatic heterocycles. The SMILES string of the molecule is COc1ccc(CNCc2cc(Br)ccc2F)c(O)c1. The number of hydrogen-bond donors (Lipinski definition) is 2. The second kappa shape index (κ2) is 6.72. The van der Waals surface area contributed by atoms with Crippen molar-refractivity contribution in [1.29, 1.82) is 0 Å². The Hall–Kier alpha value is -1.59. The lowest BCUT2D eigenvalue weighted by Gasteiger charge is -2.09. The standard InChI is InChI=1S/C15H15BrFNO2/c1-20-13-4-2-10(15(19)7-13)8-18-9-11-6-12(16)3-5-14(11)17/h2-7,18-19H,8-9H2,1H3. The number of benzene rings is 2. The van der Waals surface area contributed by atoms with Gasteiger partial charge in [0.25, 0.3) is 0 Å². The molecule has 0 amide bonds. The van der Waals surface area contributed by atoms with Crippen LogP contribution in [-0.4, -0.2) is 12.2 Å². The lowest BCUT2D eigenvalue weighted by Crippen LogP contribution is -2.13. The van der Waals surface area contributed by atoms with Crippen LogP contribution in [0.3, 0.4) is 0 Å². The Bertz CT molecular complexity index is 604. The average Bonchev–Trinajstić information content (AvgIpc) is 2.44. The fourth-order valence-electron chi connectivity index (χ4n) is 1.83. The molecule has 0 atom stereocenters. The molecule has 0 aliphatic rings. The zero-order valence-corrected chi connectivity index (χ0v) is 12.6. The zero-order valence-electron chi connectivity index (χ0n) is 11.0. The Kier molecular flexibility index (Phi) is 4.98. The highest BCUT2D eigenvalue weighted by atomic mass is 79.9. The smallest absolute Gasteiger partial charge is 0.127 e. The summed E-state index contributed by atoms with van der Waals surface area (Å²) in [4.78, 5) is 0. The van der Waals surface area contributed by atoms with Crippen molar-refractivity contribution in [2.75, 3.05) is 7.11 Å². The molecule has 2 rings (SSSR count). The summed E-state index contributed by atoms with van der Waals surface area (Å²) in [6.07, 6.45) is 0. The van der Waals surface area contributed by atoms with Crippen molar-refractivity contribution >= 4 is 15.9 Å². The maximum absolute atomic E-state index is 13.5. The predicted octanol–water partition coefficient (Wildman–Crippen LogP) is 3.59. The fourth-order valence-corrected chi connectivity index (χ4v) is 2.24. The Labute approximate surface area is 125 Å². The van der Waals surface area contributed by atoms with Gasteiger partial charge in [-0.15, -0.1) is 0 Å². The molecule has 0 saturated heterocycles. The van der Waals surface area contributed by atoms with E-state index in [1.54, 1.807) is 37.4 Å². The molecule has 0 fully saturated rings. The van der Waals surface area contributed by atoms with Crippen molar-refractivity contribution in [3.63, 3.8) is 0 Å². The lowest BCUT2D eigenvalue weighted by atomic mass is 10.1. The van der Waals surface area contributed by atoms with Gasteiger partial charge in [0.1, 0.15) is 17.3 Å². The van der Waals surface area contributed by atoms with Crippen molar-refractivity contribution < 1.29 is 14.2 Å². The van der Waals surface area contributed by atoms with Crippen LogP contribution in [0.2, 0.25) is 0 Å². The van der Waals surface area contributed by atoms with Crippen LogP contribution in [0.25, 0.3) is 0 Å². The number of aromatic hydroxyl groups is 1. The van der Waals surface area contributed by atoms with E-state index in [0.29, 0.717) is 24.4 Å². The first-order valence-corrected chi connectivity index (χ1v) is 6.90. The molecule has 0 saturated carbocycles. The Morgan fingerprint density at radius 2 is 1.90 bits per heavy atom. The van der Waals surface area contributed by atoms with E-state index in [-0.39, 0.29) is 11.6 Å². The van der Waals surface area contributed by atoms with E-state index < -0.39 is 0 Å². The quantitative estimate of drug-likeness (QED) is 0.874. The molecule has 0 aliphatic carbocycles. The van der Waals surface area contributed by atoms with Crippen molar-refractivity contribution in [2.24, 2.45) is 0 Å². The first-order chi connectivity index (χ1) is 9.60. The van der Waals surface area contributed by atoms with E-state index in [1.807, 2.05) is 0 Å².